The van der Waals surface area contributed by atoms with Gasteiger partial charge in [-0.3, -0.25) is 4.79 Å². The fraction of sp³-hybridized carbons (Fsp3) is 0.800. The number of carbonyl (C=O) groups is 2. The molecule has 0 radical (unpaired) electrons. The van der Waals surface area contributed by atoms with Gasteiger partial charge in [-0.1, -0.05) is 19.8 Å². The van der Waals surface area contributed by atoms with Gasteiger partial charge in [0.1, 0.15) is 6.04 Å². The summed E-state index contributed by atoms with van der Waals surface area (Å²) in [4.78, 5) is 22.4. The van der Waals surface area contributed by atoms with E-state index in [1.54, 1.807) is 6.92 Å². The SMILES string of the molecule is CCCC[C@H](N)C(=O)NC(C)C(=O)OC. The van der Waals surface area contributed by atoms with Crippen molar-refractivity contribution < 1.29 is 14.3 Å². The first-order valence-electron chi connectivity index (χ1n) is 5.16. The maximum atomic E-state index is 11.4. The predicted molar refractivity (Wildman–Crippen MR) is 57.1 cm³/mol. The minimum absolute atomic E-state index is 0.304. The Kier molecular flexibility index (Phi) is 6.70. The number of unbranched alkanes of at least 4 members (excludes halogenated alkanes) is 1. The highest BCUT2D eigenvalue weighted by atomic mass is 16.5. The third-order valence-electron chi connectivity index (χ3n) is 2.12. The Morgan fingerprint density at radius 3 is 2.53 bits per heavy atom. The number of hydrogen-bond acceptors (Lipinski definition) is 4. The van der Waals surface area contributed by atoms with Crippen LogP contribution in [0.4, 0.5) is 0 Å². The van der Waals surface area contributed by atoms with Crippen molar-refractivity contribution >= 4 is 11.9 Å². The molecular weight excluding hydrogens is 196 g/mol. The van der Waals surface area contributed by atoms with Gasteiger partial charge in [-0.15, -0.1) is 0 Å². The molecule has 1 amide bonds. The van der Waals surface area contributed by atoms with Crippen molar-refractivity contribution in [3.63, 3.8) is 0 Å². The van der Waals surface area contributed by atoms with Crippen LogP contribution in [-0.4, -0.2) is 31.1 Å². The number of ether oxygens (including phenoxy) is 1. The molecule has 88 valence electrons. The number of hydrogen-bond donors (Lipinski definition) is 2. The van der Waals surface area contributed by atoms with E-state index in [-0.39, 0.29) is 5.91 Å². The van der Waals surface area contributed by atoms with Crippen LogP contribution in [0.1, 0.15) is 33.1 Å². The molecule has 0 aromatic heterocycles. The normalized spacial score (nSPS) is 14.1. The maximum absolute atomic E-state index is 11.4. The van der Waals surface area contributed by atoms with Gasteiger partial charge in [-0.25, -0.2) is 4.79 Å². The number of carbonyl (C=O) groups excluding carboxylic acids is 2. The van der Waals surface area contributed by atoms with Gasteiger partial charge in [-0.2, -0.15) is 0 Å². The zero-order valence-electron chi connectivity index (χ0n) is 9.58. The first-order valence-corrected chi connectivity index (χ1v) is 5.16. The highest BCUT2D eigenvalue weighted by Gasteiger charge is 2.19. The molecule has 0 bridgehead atoms. The molecule has 0 aliphatic heterocycles. The number of methoxy groups -OCH3 is 1. The van der Waals surface area contributed by atoms with Crippen molar-refractivity contribution in [1.29, 1.82) is 0 Å². The van der Waals surface area contributed by atoms with Crippen molar-refractivity contribution in [3.05, 3.63) is 0 Å². The fourth-order valence-corrected chi connectivity index (χ4v) is 1.11. The molecule has 0 aromatic rings. The van der Waals surface area contributed by atoms with E-state index in [1.165, 1.54) is 7.11 Å². The first-order chi connectivity index (χ1) is 7.02. The third-order valence-corrected chi connectivity index (χ3v) is 2.12. The van der Waals surface area contributed by atoms with Crippen molar-refractivity contribution in [2.24, 2.45) is 5.73 Å². The van der Waals surface area contributed by atoms with Gasteiger partial charge in [-0.05, 0) is 13.3 Å². The van der Waals surface area contributed by atoms with Crippen LogP contribution in [-0.2, 0) is 14.3 Å². The minimum Gasteiger partial charge on any atom is -0.467 e. The Bertz CT molecular complexity index is 219. The zero-order valence-corrected chi connectivity index (χ0v) is 9.58. The van der Waals surface area contributed by atoms with E-state index in [9.17, 15) is 9.59 Å². The zero-order chi connectivity index (χ0) is 11.8. The number of esters is 1. The Labute approximate surface area is 90.4 Å². The summed E-state index contributed by atoms with van der Waals surface area (Å²) in [6, 6.07) is -1.19. The maximum Gasteiger partial charge on any atom is 0.328 e. The van der Waals surface area contributed by atoms with Gasteiger partial charge in [0.2, 0.25) is 5.91 Å². The number of nitrogens with two attached hydrogens (primary N) is 1. The molecule has 0 rings (SSSR count). The van der Waals surface area contributed by atoms with E-state index in [1.807, 2.05) is 6.92 Å². The average Bonchev–Trinajstić information content (AvgIpc) is 2.24. The van der Waals surface area contributed by atoms with Gasteiger partial charge in [0, 0.05) is 0 Å². The second-order valence-electron chi connectivity index (χ2n) is 3.50. The summed E-state index contributed by atoms with van der Waals surface area (Å²) in [5, 5.41) is 2.50. The lowest BCUT2D eigenvalue weighted by atomic mass is 10.1. The Morgan fingerprint density at radius 1 is 1.47 bits per heavy atom. The number of amides is 1. The van der Waals surface area contributed by atoms with Crippen molar-refractivity contribution in [2.45, 2.75) is 45.2 Å². The number of nitrogens with one attached hydrogen (secondary N) is 1. The molecule has 0 aromatic carbocycles. The molecule has 3 N–H and O–H groups in total. The molecule has 15 heavy (non-hydrogen) atoms. The Hall–Kier alpha value is -1.10. The van der Waals surface area contributed by atoms with E-state index >= 15 is 0 Å². The lowest BCUT2D eigenvalue weighted by Crippen LogP contribution is -2.47. The van der Waals surface area contributed by atoms with Gasteiger partial charge < -0.3 is 15.8 Å². The monoisotopic (exact) mass is 216 g/mol. The van der Waals surface area contributed by atoms with Crippen molar-refractivity contribution in [3.8, 4) is 0 Å². The summed E-state index contributed by atoms with van der Waals surface area (Å²) in [7, 11) is 1.28. The standard InChI is InChI=1S/C10H20N2O3/c1-4-5-6-8(11)9(13)12-7(2)10(14)15-3/h7-8H,4-6,11H2,1-3H3,(H,12,13)/t7?,8-/m0/s1. The Morgan fingerprint density at radius 2 is 2.07 bits per heavy atom. The molecule has 5 heteroatoms. The molecule has 2 atom stereocenters. The van der Waals surface area contributed by atoms with Crippen LogP contribution in [0.25, 0.3) is 0 Å². The van der Waals surface area contributed by atoms with Crippen molar-refractivity contribution in [2.75, 3.05) is 7.11 Å². The highest BCUT2D eigenvalue weighted by Crippen LogP contribution is 1.98. The average molecular weight is 216 g/mol. The lowest BCUT2D eigenvalue weighted by molar-refractivity contribution is -0.144. The lowest BCUT2D eigenvalue weighted by Gasteiger charge is -2.15. The summed E-state index contributed by atoms with van der Waals surface area (Å²) in [6.07, 6.45) is 2.53. The third kappa shape index (κ3) is 5.37. The van der Waals surface area contributed by atoms with Crippen LogP contribution in [0.3, 0.4) is 0 Å². The summed E-state index contributed by atoms with van der Waals surface area (Å²) >= 11 is 0. The topological polar surface area (TPSA) is 81.4 Å². The molecule has 0 aliphatic carbocycles. The van der Waals surface area contributed by atoms with E-state index in [0.29, 0.717) is 6.42 Å². The Balaban J connectivity index is 3.95. The summed E-state index contributed by atoms with van der Waals surface area (Å²) in [5.74, 6) is -0.771. The van der Waals surface area contributed by atoms with Gasteiger partial charge in [0.15, 0.2) is 0 Å². The van der Waals surface area contributed by atoms with E-state index < -0.39 is 18.1 Å². The van der Waals surface area contributed by atoms with Crippen LogP contribution >= 0.6 is 0 Å². The second kappa shape index (κ2) is 7.23. The summed E-state index contributed by atoms with van der Waals surface area (Å²) in [6.45, 7) is 3.60. The van der Waals surface area contributed by atoms with Crippen LogP contribution < -0.4 is 11.1 Å². The van der Waals surface area contributed by atoms with Crippen molar-refractivity contribution in [1.82, 2.24) is 5.32 Å². The predicted octanol–water partition coefficient (Wildman–Crippen LogP) is 0.182. The van der Waals surface area contributed by atoms with Crippen LogP contribution in [0.2, 0.25) is 0 Å². The number of rotatable bonds is 6. The largest absolute Gasteiger partial charge is 0.467 e. The summed E-state index contributed by atoms with van der Waals surface area (Å²) in [5.41, 5.74) is 5.63. The van der Waals surface area contributed by atoms with Gasteiger partial charge in [0.25, 0.3) is 0 Å². The smallest absolute Gasteiger partial charge is 0.328 e. The highest BCUT2D eigenvalue weighted by molar-refractivity contribution is 5.87. The molecular formula is C10H20N2O3. The molecule has 0 fully saturated rings. The molecule has 0 saturated carbocycles. The molecule has 0 spiro atoms. The molecule has 0 saturated heterocycles. The molecule has 0 heterocycles. The van der Waals surface area contributed by atoms with Gasteiger partial charge >= 0.3 is 5.97 Å². The van der Waals surface area contributed by atoms with Crippen LogP contribution in [0.5, 0.6) is 0 Å². The second-order valence-corrected chi connectivity index (χ2v) is 3.50. The van der Waals surface area contributed by atoms with Crippen LogP contribution in [0, 0.1) is 0 Å². The molecule has 5 nitrogen and oxygen atoms in total. The quantitative estimate of drug-likeness (QED) is 0.621. The first kappa shape index (κ1) is 13.9. The van der Waals surface area contributed by atoms with E-state index in [0.717, 1.165) is 12.8 Å². The minimum atomic E-state index is -0.643. The summed E-state index contributed by atoms with van der Waals surface area (Å²) < 4.78 is 4.48. The van der Waals surface area contributed by atoms with Gasteiger partial charge in [0.05, 0.1) is 13.2 Å². The molecule has 0 aliphatic rings. The van der Waals surface area contributed by atoms with E-state index in [2.05, 4.69) is 10.1 Å². The van der Waals surface area contributed by atoms with E-state index in [4.69, 9.17) is 5.73 Å². The molecule has 1 unspecified atom stereocenters. The fourth-order valence-electron chi connectivity index (χ4n) is 1.11. The van der Waals surface area contributed by atoms with Crippen LogP contribution in [0.15, 0.2) is 0 Å².